The van der Waals surface area contributed by atoms with E-state index in [-0.39, 0.29) is 35.8 Å². The van der Waals surface area contributed by atoms with Crippen molar-refractivity contribution in [2.24, 2.45) is 0 Å². The van der Waals surface area contributed by atoms with Crippen LogP contribution in [-0.2, 0) is 28.0 Å². The standard InChI is InChI=1S/C29H38FN3O3/c1-2-21-7-6-8-23(15-21)29(11-12-29)32-13-10-25-17-22-16-24(30)19-26(18-22)36-14-5-3-4-9-27(34)31-20-28(35)33-25/h6-8,15-16,18-19,25,32H,2-5,9-14,17,20H2,1H3,(H,31,34)(H,33,35). The van der Waals surface area contributed by atoms with Crippen LogP contribution in [0.15, 0.2) is 42.5 Å². The minimum atomic E-state index is -0.341. The fourth-order valence-corrected chi connectivity index (χ4v) is 4.90. The summed E-state index contributed by atoms with van der Waals surface area (Å²) in [6, 6.07) is 13.3. The van der Waals surface area contributed by atoms with Gasteiger partial charge in [-0.25, -0.2) is 4.39 Å². The molecule has 0 aromatic heterocycles. The topological polar surface area (TPSA) is 79.5 Å². The molecule has 4 rings (SSSR count). The Bertz CT molecular complexity index is 1050. The monoisotopic (exact) mass is 495 g/mol. The molecule has 1 aliphatic carbocycles. The quantitative estimate of drug-likeness (QED) is 0.563. The van der Waals surface area contributed by atoms with Crippen molar-refractivity contribution in [3.8, 4) is 5.75 Å². The molecular weight excluding hydrogens is 457 g/mol. The molecule has 1 unspecified atom stereocenters. The molecule has 1 fully saturated rings. The van der Waals surface area contributed by atoms with Crippen molar-refractivity contribution in [2.45, 2.75) is 76.3 Å². The van der Waals surface area contributed by atoms with Gasteiger partial charge in [-0.3, -0.25) is 9.59 Å². The summed E-state index contributed by atoms with van der Waals surface area (Å²) in [6.07, 6.45) is 7.08. The van der Waals surface area contributed by atoms with Crippen molar-refractivity contribution in [1.82, 2.24) is 16.0 Å². The Morgan fingerprint density at radius 2 is 1.94 bits per heavy atom. The molecule has 6 nitrogen and oxygen atoms in total. The van der Waals surface area contributed by atoms with Crippen molar-refractivity contribution in [3.05, 3.63) is 65.0 Å². The number of carbonyl (C=O) groups excluding carboxylic acids is 2. The molecule has 1 aliphatic heterocycles. The van der Waals surface area contributed by atoms with Gasteiger partial charge in [0.1, 0.15) is 11.6 Å². The Morgan fingerprint density at radius 3 is 2.75 bits per heavy atom. The number of hydrogen-bond acceptors (Lipinski definition) is 4. The van der Waals surface area contributed by atoms with Crippen LogP contribution in [0.4, 0.5) is 4.39 Å². The van der Waals surface area contributed by atoms with Crippen molar-refractivity contribution in [1.29, 1.82) is 0 Å². The molecule has 2 bridgehead atoms. The number of ether oxygens (including phenoxy) is 1. The molecule has 0 radical (unpaired) electrons. The maximum absolute atomic E-state index is 14.3. The lowest BCUT2D eigenvalue weighted by Gasteiger charge is -2.23. The summed E-state index contributed by atoms with van der Waals surface area (Å²) in [5.41, 5.74) is 3.43. The number of nitrogens with one attached hydrogen (secondary N) is 3. The Kier molecular flexibility index (Phi) is 8.97. The summed E-state index contributed by atoms with van der Waals surface area (Å²) in [4.78, 5) is 24.7. The summed E-state index contributed by atoms with van der Waals surface area (Å²) in [6.45, 7) is 3.31. The highest BCUT2D eigenvalue weighted by Crippen LogP contribution is 2.45. The normalized spacial score (nSPS) is 20.7. The van der Waals surface area contributed by atoms with Crippen molar-refractivity contribution >= 4 is 11.8 Å². The third-order valence-electron chi connectivity index (χ3n) is 7.14. The van der Waals surface area contributed by atoms with E-state index in [0.717, 1.165) is 44.1 Å². The van der Waals surface area contributed by atoms with Crippen LogP contribution in [0.25, 0.3) is 0 Å². The third-order valence-corrected chi connectivity index (χ3v) is 7.14. The van der Waals surface area contributed by atoms with Crippen LogP contribution >= 0.6 is 0 Å². The van der Waals surface area contributed by atoms with Gasteiger partial charge in [0.05, 0.1) is 13.2 Å². The van der Waals surface area contributed by atoms with E-state index >= 15 is 0 Å². The zero-order chi connectivity index (χ0) is 25.4. The smallest absolute Gasteiger partial charge is 0.239 e. The van der Waals surface area contributed by atoms with E-state index in [2.05, 4.69) is 47.1 Å². The molecule has 3 N–H and O–H groups in total. The molecule has 2 aliphatic rings. The molecule has 2 amide bonds. The lowest BCUT2D eigenvalue weighted by atomic mass is 9.99. The lowest BCUT2D eigenvalue weighted by molar-refractivity contribution is -0.126. The maximum atomic E-state index is 14.3. The van der Waals surface area contributed by atoms with Gasteiger partial charge in [-0.05, 0) is 86.7 Å². The van der Waals surface area contributed by atoms with Crippen LogP contribution in [0.5, 0.6) is 5.75 Å². The number of hydrogen-bond donors (Lipinski definition) is 3. The first-order chi connectivity index (χ1) is 17.5. The molecule has 194 valence electrons. The largest absolute Gasteiger partial charge is 0.493 e. The summed E-state index contributed by atoms with van der Waals surface area (Å²) in [7, 11) is 0. The highest BCUT2D eigenvalue weighted by atomic mass is 19.1. The number of amides is 2. The van der Waals surface area contributed by atoms with Crippen LogP contribution in [0.2, 0.25) is 0 Å². The number of fused-ring (bicyclic) bond motifs is 2. The number of aryl methyl sites for hydroxylation is 1. The van der Waals surface area contributed by atoms with Gasteiger partial charge in [-0.1, -0.05) is 31.2 Å². The molecule has 0 saturated heterocycles. The number of rotatable bonds is 6. The molecule has 1 atom stereocenters. The summed E-state index contributed by atoms with van der Waals surface area (Å²) in [5, 5.41) is 9.50. The first-order valence-electron chi connectivity index (χ1n) is 13.3. The first-order valence-corrected chi connectivity index (χ1v) is 13.3. The SMILES string of the molecule is CCc1cccc(C2(NCCC3Cc4cc(F)cc(c4)OCCCCCC(=O)NCC(=O)N3)CC2)c1. The van der Waals surface area contributed by atoms with Crippen LogP contribution in [-0.4, -0.2) is 37.6 Å². The first kappa shape index (κ1) is 26.1. The van der Waals surface area contributed by atoms with Crippen LogP contribution in [0, 0.1) is 5.82 Å². The minimum absolute atomic E-state index is 0.00133. The fraction of sp³-hybridized carbons (Fsp3) is 0.517. The average molecular weight is 496 g/mol. The van der Waals surface area contributed by atoms with E-state index in [1.54, 1.807) is 0 Å². The molecular formula is C29H38FN3O3. The Labute approximate surface area is 213 Å². The van der Waals surface area contributed by atoms with Crippen molar-refractivity contribution < 1.29 is 18.7 Å². The molecule has 2 aromatic rings. The highest BCUT2D eigenvalue weighted by molar-refractivity contribution is 5.84. The second kappa shape index (κ2) is 12.3. The van der Waals surface area contributed by atoms with Gasteiger partial charge < -0.3 is 20.7 Å². The molecule has 2 aromatic carbocycles. The van der Waals surface area contributed by atoms with E-state index in [4.69, 9.17) is 4.74 Å². The summed E-state index contributed by atoms with van der Waals surface area (Å²) in [5.74, 6) is -0.184. The van der Waals surface area contributed by atoms with Gasteiger partial charge in [-0.2, -0.15) is 0 Å². The van der Waals surface area contributed by atoms with E-state index in [0.29, 0.717) is 38.2 Å². The van der Waals surface area contributed by atoms with Gasteiger partial charge in [0.25, 0.3) is 0 Å². The van der Waals surface area contributed by atoms with E-state index in [1.807, 2.05) is 6.07 Å². The predicted molar refractivity (Wildman–Crippen MR) is 138 cm³/mol. The van der Waals surface area contributed by atoms with E-state index in [9.17, 15) is 14.0 Å². The molecule has 36 heavy (non-hydrogen) atoms. The van der Waals surface area contributed by atoms with Gasteiger partial charge in [0.2, 0.25) is 11.8 Å². The van der Waals surface area contributed by atoms with Gasteiger partial charge in [0.15, 0.2) is 0 Å². The fourth-order valence-electron chi connectivity index (χ4n) is 4.90. The van der Waals surface area contributed by atoms with Crippen molar-refractivity contribution in [3.63, 3.8) is 0 Å². The molecule has 1 heterocycles. The Morgan fingerprint density at radius 1 is 1.08 bits per heavy atom. The minimum Gasteiger partial charge on any atom is -0.493 e. The molecule has 7 heteroatoms. The average Bonchev–Trinajstić information content (AvgIpc) is 3.65. The number of halogens is 1. The second-order valence-electron chi connectivity index (χ2n) is 10.1. The third kappa shape index (κ3) is 7.53. The van der Waals surface area contributed by atoms with Gasteiger partial charge in [-0.15, -0.1) is 0 Å². The van der Waals surface area contributed by atoms with Gasteiger partial charge >= 0.3 is 0 Å². The Hall–Kier alpha value is -2.93. The Balaban J connectivity index is 1.44. The van der Waals surface area contributed by atoms with E-state index < -0.39 is 0 Å². The maximum Gasteiger partial charge on any atom is 0.239 e. The molecule has 0 spiro atoms. The number of benzene rings is 2. The van der Waals surface area contributed by atoms with E-state index in [1.165, 1.54) is 23.3 Å². The van der Waals surface area contributed by atoms with Crippen molar-refractivity contribution in [2.75, 3.05) is 19.7 Å². The zero-order valence-electron chi connectivity index (χ0n) is 21.2. The zero-order valence-corrected chi connectivity index (χ0v) is 21.2. The highest BCUT2D eigenvalue weighted by Gasteiger charge is 2.43. The second-order valence-corrected chi connectivity index (χ2v) is 10.1. The predicted octanol–water partition coefficient (Wildman–Crippen LogP) is 4.15. The summed E-state index contributed by atoms with van der Waals surface area (Å²) < 4.78 is 20.1. The lowest BCUT2D eigenvalue weighted by Crippen LogP contribution is -2.44. The van der Waals surface area contributed by atoms with Gasteiger partial charge in [0, 0.05) is 24.1 Å². The molecule has 1 saturated carbocycles. The number of carbonyl (C=O) groups is 2. The summed E-state index contributed by atoms with van der Waals surface area (Å²) >= 11 is 0. The van der Waals surface area contributed by atoms with Crippen LogP contribution in [0.3, 0.4) is 0 Å². The van der Waals surface area contributed by atoms with Crippen LogP contribution in [0.1, 0.15) is 68.6 Å². The van der Waals surface area contributed by atoms with Crippen LogP contribution < -0.4 is 20.7 Å².